The highest BCUT2D eigenvalue weighted by Crippen LogP contribution is 2.12. The molecule has 1 fully saturated rings. The van der Waals surface area contributed by atoms with Crippen LogP contribution in [0.1, 0.15) is 16.9 Å². The third-order valence-corrected chi connectivity index (χ3v) is 3.53. The largest absolute Gasteiger partial charge is 0.481 e. The number of carbonyl (C=O) groups is 2. The van der Waals surface area contributed by atoms with E-state index in [1.54, 1.807) is 4.90 Å². The molecular weight excluding hydrogens is 300 g/mol. The molecule has 2 aromatic rings. The second-order valence-corrected chi connectivity index (χ2v) is 5.20. The van der Waals surface area contributed by atoms with E-state index < -0.39 is 12.1 Å². The molecule has 1 aromatic heterocycles. The van der Waals surface area contributed by atoms with Gasteiger partial charge < -0.3 is 14.7 Å². The molecule has 0 radical (unpaired) electrons. The first-order valence-corrected chi connectivity index (χ1v) is 7.24. The van der Waals surface area contributed by atoms with Crippen molar-refractivity contribution in [2.75, 3.05) is 19.7 Å². The molecule has 1 aliphatic heterocycles. The summed E-state index contributed by atoms with van der Waals surface area (Å²) in [5.41, 5.74) is 0.988. The zero-order valence-electron chi connectivity index (χ0n) is 12.3. The Labute approximate surface area is 132 Å². The van der Waals surface area contributed by atoms with E-state index in [0.29, 0.717) is 13.2 Å². The third-order valence-electron chi connectivity index (χ3n) is 3.53. The smallest absolute Gasteiger partial charge is 0.306 e. The number of morpholine rings is 1. The number of para-hydroxylation sites is 1. The highest BCUT2D eigenvalue weighted by Gasteiger charge is 2.28. The summed E-state index contributed by atoms with van der Waals surface area (Å²) in [5.74, 6) is -1.22. The van der Waals surface area contributed by atoms with Crippen LogP contribution in [0.3, 0.4) is 0 Å². The van der Waals surface area contributed by atoms with Gasteiger partial charge in [-0.15, -0.1) is 5.10 Å². The molecule has 2 heterocycles. The molecule has 1 amide bonds. The van der Waals surface area contributed by atoms with Crippen molar-refractivity contribution in [1.82, 2.24) is 19.9 Å². The molecule has 8 nitrogen and oxygen atoms in total. The van der Waals surface area contributed by atoms with Crippen LogP contribution in [0.4, 0.5) is 0 Å². The van der Waals surface area contributed by atoms with Crippen LogP contribution in [0.25, 0.3) is 5.69 Å². The van der Waals surface area contributed by atoms with E-state index in [2.05, 4.69) is 10.2 Å². The van der Waals surface area contributed by atoms with E-state index in [4.69, 9.17) is 9.84 Å². The van der Waals surface area contributed by atoms with Crippen LogP contribution in [-0.2, 0) is 9.53 Å². The maximum atomic E-state index is 12.5. The Morgan fingerprint density at radius 3 is 2.83 bits per heavy atom. The lowest BCUT2D eigenvalue weighted by Gasteiger charge is -2.31. The molecule has 0 aliphatic carbocycles. The Morgan fingerprint density at radius 1 is 1.30 bits per heavy atom. The predicted octanol–water partition coefficient (Wildman–Crippen LogP) is 0.583. The summed E-state index contributed by atoms with van der Waals surface area (Å²) in [6, 6.07) is 9.28. The molecule has 0 saturated carbocycles. The van der Waals surface area contributed by atoms with Gasteiger partial charge in [0.25, 0.3) is 5.91 Å². The first-order valence-electron chi connectivity index (χ1n) is 7.24. The molecule has 1 N–H and O–H groups in total. The van der Waals surface area contributed by atoms with Crippen molar-refractivity contribution in [3.8, 4) is 5.69 Å². The van der Waals surface area contributed by atoms with E-state index in [-0.39, 0.29) is 24.6 Å². The Bertz CT molecular complexity index is 701. The molecule has 8 heteroatoms. The predicted molar refractivity (Wildman–Crippen MR) is 79.3 cm³/mol. The van der Waals surface area contributed by atoms with Crippen LogP contribution in [-0.4, -0.2) is 62.7 Å². The molecule has 0 spiro atoms. The van der Waals surface area contributed by atoms with E-state index in [1.807, 2.05) is 30.3 Å². The van der Waals surface area contributed by atoms with E-state index >= 15 is 0 Å². The van der Waals surface area contributed by atoms with Crippen molar-refractivity contribution in [3.05, 3.63) is 42.2 Å². The van der Waals surface area contributed by atoms with Crippen molar-refractivity contribution >= 4 is 11.9 Å². The van der Waals surface area contributed by atoms with Crippen molar-refractivity contribution < 1.29 is 19.4 Å². The van der Waals surface area contributed by atoms with Gasteiger partial charge in [0.05, 0.1) is 31.0 Å². The Hall–Kier alpha value is -2.74. The quantitative estimate of drug-likeness (QED) is 0.886. The summed E-state index contributed by atoms with van der Waals surface area (Å²) in [5, 5.41) is 17.1. The summed E-state index contributed by atoms with van der Waals surface area (Å²) >= 11 is 0. The topological polar surface area (TPSA) is 97.6 Å². The second kappa shape index (κ2) is 6.57. The molecule has 0 bridgehead atoms. The second-order valence-electron chi connectivity index (χ2n) is 5.20. The SMILES string of the molecule is O=C(O)CC1CN(C(=O)c2cnn(-c3ccccc3)n2)CCO1. The van der Waals surface area contributed by atoms with Gasteiger partial charge in [-0.05, 0) is 12.1 Å². The third kappa shape index (κ3) is 3.54. The lowest BCUT2D eigenvalue weighted by Crippen LogP contribution is -2.46. The normalized spacial score (nSPS) is 17.9. The number of nitrogens with zero attached hydrogens (tertiary/aromatic N) is 4. The average Bonchev–Trinajstić information content (AvgIpc) is 3.04. The first kappa shape index (κ1) is 15.2. The molecular formula is C15H16N4O4. The number of carboxylic acid groups (broad SMARTS) is 1. The highest BCUT2D eigenvalue weighted by atomic mass is 16.5. The van der Waals surface area contributed by atoms with Gasteiger partial charge in [0.15, 0.2) is 5.69 Å². The number of amides is 1. The summed E-state index contributed by atoms with van der Waals surface area (Å²) in [4.78, 5) is 26.2. The number of benzene rings is 1. The van der Waals surface area contributed by atoms with Crippen molar-refractivity contribution in [1.29, 1.82) is 0 Å². The van der Waals surface area contributed by atoms with Crippen molar-refractivity contribution in [2.45, 2.75) is 12.5 Å². The van der Waals surface area contributed by atoms with Crippen LogP contribution in [0.15, 0.2) is 36.5 Å². The molecule has 23 heavy (non-hydrogen) atoms. The summed E-state index contributed by atoms with van der Waals surface area (Å²) in [6.07, 6.45) is 0.798. The van der Waals surface area contributed by atoms with E-state index in [1.165, 1.54) is 11.0 Å². The van der Waals surface area contributed by atoms with Crippen molar-refractivity contribution in [2.24, 2.45) is 0 Å². The Morgan fingerprint density at radius 2 is 2.09 bits per heavy atom. The lowest BCUT2D eigenvalue weighted by molar-refractivity contribution is -0.141. The van der Waals surface area contributed by atoms with Crippen LogP contribution < -0.4 is 0 Å². The molecule has 1 atom stereocenters. The number of hydrogen-bond acceptors (Lipinski definition) is 5. The number of aromatic nitrogens is 3. The molecule has 1 aliphatic rings. The van der Waals surface area contributed by atoms with Gasteiger partial charge in [-0.1, -0.05) is 18.2 Å². The lowest BCUT2D eigenvalue weighted by atomic mass is 10.2. The number of ether oxygens (including phenoxy) is 1. The molecule has 3 rings (SSSR count). The fourth-order valence-electron chi connectivity index (χ4n) is 2.43. The standard InChI is InChI=1S/C15H16N4O4/c20-14(21)8-12-10-18(6-7-23-12)15(22)13-9-16-19(17-13)11-4-2-1-3-5-11/h1-5,9,12H,6-8,10H2,(H,20,21). The van der Waals surface area contributed by atoms with E-state index in [9.17, 15) is 9.59 Å². The van der Waals surface area contributed by atoms with Gasteiger partial charge in [-0.25, -0.2) is 0 Å². The Balaban J connectivity index is 1.71. The van der Waals surface area contributed by atoms with Crippen LogP contribution in [0, 0.1) is 0 Å². The summed E-state index contributed by atoms with van der Waals surface area (Å²) < 4.78 is 5.36. The number of carbonyl (C=O) groups excluding carboxylic acids is 1. The van der Waals surface area contributed by atoms with Crippen LogP contribution in [0.2, 0.25) is 0 Å². The minimum atomic E-state index is -0.945. The van der Waals surface area contributed by atoms with Crippen LogP contribution >= 0.6 is 0 Å². The number of rotatable bonds is 4. The first-order chi connectivity index (χ1) is 11.1. The minimum absolute atomic E-state index is 0.125. The summed E-state index contributed by atoms with van der Waals surface area (Å²) in [7, 11) is 0. The molecule has 1 aromatic carbocycles. The number of aliphatic carboxylic acids is 1. The zero-order chi connectivity index (χ0) is 16.2. The zero-order valence-corrected chi connectivity index (χ0v) is 12.3. The van der Waals surface area contributed by atoms with Gasteiger partial charge in [-0.2, -0.15) is 9.90 Å². The molecule has 120 valence electrons. The van der Waals surface area contributed by atoms with E-state index in [0.717, 1.165) is 5.69 Å². The maximum absolute atomic E-state index is 12.5. The number of carboxylic acids is 1. The van der Waals surface area contributed by atoms with Gasteiger partial charge in [0, 0.05) is 13.1 Å². The average molecular weight is 316 g/mol. The fourth-order valence-corrected chi connectivity index (χ4v) is 2.43. The van der Waals surface area contributed by atoms with Gasteiger partial charge >= 0.3 is 5.97 Å². The minimum Gasteiger partial charge on any atom is -0.481 e. The fraction of sp³-hybridized carbons (Fsp3) is 0.333. The number of hydrogen-bond donors (Lipinski definition) is 1. The monoisotopic (exact) mass is 316 g/mol. The maximum Gasteiger partial charge on any atom is 0.306 e. The van der Waals surface area contributed by atoms with Gasteiger partial charge in [0.1, 0.15) is 0 Å². The van der Waals surface area contributed by atoms with Crippen LogP contribution in [0.5, 0.6) is 0 Å². The van der Waals surface area contributed by atoms with Gasteiger partial charge in [-0.3, -0.25) is 9.59 Å². The Kier molecular flexibility index (Phi) is 4.33. The highest BCUT2D eigenvalue weighted by molar-refractivity contribution is 5.92. The van der Waals surface area contributed by atoms with Gasteiger partial charge in [0.2, 0.25) is 0 Å². The molecule has 1 unspecified atom stereocenters. The summed E-state index contributed by atoms with van der Waals surface area (Å²) in [6.45, 7) is 0.965. The van der Waals surface area contributed by atoms with Crippen molar-refractivity contribution in [3.63, 3.8) is 0 Å². The molecule has 1 saturated heterocycles.